The molecule has 1 N–H and O–H groups in total. The van der Waals surface area contributed by atoms with Crippen LogP contribution in [0.25, 0.3) is 0 Å². The summed E-state index contributed by atoms with van der Waals surface area (Å²) in [7, 11) is 1.35. The van der Waals surface area contributed by atoms with Gasteiger partial charge >= 0.3 is 5.70 Å². The minimum atomic E-state index is -1.47. The van der Waals surface area contributed by atoms with E-state index in [1.54, 1.807) is 12.1 Å². The number of nitrogens with zero attached hydrogens (tertiary/aromatic N) is 2. The number of allylic oxidation sites excluding steroid dienone is 2. The first kappa shape index (κ1) is 19.0. The molecule has 0 saturated heterocycles. The zero-order chi connectivity index (χ0) is 21.6. The number of nitro groups is 2. The molecule has 0 amide bonds. The second-order valence-electron chi connectivity index (χ2n) is 6.52. The number of fused-ring (bicyclic) bond motifs is 1. The molecule has 1 heterocycles. The zero-order valence-corrected chi connectivity index (χ0v) is 15.4. The summed E-state index contributed by atoms with van der Waals surface area (Å²) >= 11 is 0. The molecule has 1 unspecified atom stereocenters. The van der Waals surface area contributed by atoms with Crippen molar-refractivity contribution in [3.8, 4) is 0 Å². The maximum Gasteiger partial charge on any atom is 0.317 e. The standard InChI is InChI=1S/C20H13N3O7/c1-21-20-16(23(28)29)14(12-8-4-5-9-13(12)22(26)27)15-17(24)10-6-2-3-7-11(10)18(25)19(15)30-20/h2-9,14,21H,1H3. The molecule has 1 atom stereocenters. The second kappa shape index (κ2) is 6.92. The fraction of sp³-hybridized carbons (Fsp3) is 0.100. The molecule has 0 spiro atoms. The lowest BCUT2D eigenvalue weighted by Crippen LogP contribution is -2.35. The molecule has 0 fully saturated rings. The minimum absolute atomic E-state index is 0.0593. The molecule has 1 aliphatic carbocycles. The van der Waals surface area contributed by atoms with Gasteiger partial charge in [-0.3, -0.25) is 29.8 Å². The number of carbonyl (C=O) groups is 2. The number of Topliss-reactive ketones (excluding diaryl/α,β-unsaturated/α-hetero) is 2. The van der Waals surface area contributed by atoms with Gasteiger partial charge in [0.1, 0.15) is 5.92 Å². The van der Waals surface area contributed by atoms with Crippen LogP contribution in [0.1, 0.15) is 32.2 Å². The highest BCUT2D eigenvalue weighted by atomic mass is 16.6. The average Bonchev–Trinajstić information content (AvgIpc) is 2.75. The van der Waals surface area contributed by atoms with Gasteiger partial charge in [-0.1, -0.05) is 42.5 Å². The number of para-hydroxylation sites is 1. The highest BCUT2D eigenvalue weighted by Gasteiger charge is 2.50. The monoisotopic (exact) mass is 407 g/mol. The lowest BCUT2D eigenvalue weighted by Gasteiger charge is -2.29. The topological polar surface area (TPSA) is 142 Å². The Balaban J connectivity index is 2.06. The number of carbonyl (C=O) groups excluding carboxylic acids is 2. The molecular weight excluding hydrogens is 394 g/mol. The van der Waals surface area contributed by atoms with Crippen molar-refractivity contribution in [2.24, 2.45) is 0 Å². The van der Waals surface area contributed by atoms with Crippen molar-refractivity contribution in [1.82, 2.24) is 5.32 Å². The number of ether oxygens (including phenoxy) is 1. The van der Waals surface area contributed by atoms with Gasteiger partial charge in [0.25, 0.3) is 11.6 Å². The number of ketones is 2. The summed E-state index contributed by atoms with van der Waals surface area (Å²) in [6.07, 6.45) is 0. The quantitative estimate of drug-likeness (QED) is 0.602. The molecule has 30 heavy (non-hydrogen) atoms. The maximum absolute atomic E-state index is 13.3. The van der Waals surface area contributed by atoms with E-state index in [-0.39, 0.29) is 33.9 Å². The first-order valence-electron chi connectivity index (χ1n) is 8.76. The van der Waals surface area contributed by atoms with E-state index in [4.69, 9.17) is 4.74 Å². The predicted octanol–water partition coefficient (Wildman–Crippen LogP) is 2.71. The molecule has 0 saturated carbocycles. The third-order valence-corrected chi connectivity index (χ3v) is 4.98. The van der Waals surface area contributed by atoms with Gasteiger partial charge in [-0.05, 0) is 0 Å². The number of hydrogen-bond acceptors (Lipinski definition) is 8. The van der Waals surface area contributed by atoms with Gasteiger partial charge < -0.3 is 10.1 Å². The normalized spacial score (nSPS) is 17.8. The summed E-state index contributed by atoms with van der Waals surface area (Å²) in [6.45, 7) is 0. The Morgan fingerprint density at radius 1 is 0.900 bits per heavy atom. The van der Waals surface area contributed by atoms with Crippen LogP contribution in [0.15, 0.2) is 71.4 Å². The van der Waals surface area contributed by atoms with Crippen LogP contribution >= 0.6 is 0 Å². The van der Waals surface area contributed by atoms with E-state index in [1.807, 2.05) is 0 Å². The van der Waals surface area contributed by atoms with Crippen molar-refractivity contribution < 1.29 is 24.2 Å². The Morgan fingerprint density at radius 3 is 2.10 bits per heavy atom. The molecule has 0 radical (unpaired) electrons. The van der Waals surface area contributed by atoms with Crippen molar-refractivity contribution >= 4 is 17.3 Å². The van der Waals surface area contributed by atoms with Crippen LogP contribution in [0.4, 0.5) is 5.69 Å². The first-order chi connectivity index (χ1) is 14.4. The summed E-state index contributed by atoms with van der Waals surface area (Å²) in [5, 5.41) is 26.1. The molecular formula is C20H13N3O7. The van der Waals surface area contributed by atoms with Crippen LogP contribution in [0.2, 0.25) is 0 Å². The summed E-state index contributed by atoms with van der Waals surface area (Å²) in [5.74, 6) is -3.49. The highest BCUT2D eigenvalue weighted by molar-refractivity contribution is 6.27. The van der Waals surface area contributed by atoms with E-state index >= 15 is 0 Å². The number of hydrogen-bond donors (Lipinski definition) is 1. The molecule has 4 rings (SSSR count). The van der Waals surface area contributed by atoms with E-state index in [2.05, 4.69) is 5.32 Å². The Kier molecular flexibility index (Phi) is 4.38. The fourth-order valence-electron chi connectivity index (χ4n) is 3.73. The number of nitrogens with one attached hydrogen (secondary N) is 1. The summed E-state index contributed by atoms with van der Waals surface area (Å²) in [5.41, 5.74) is -1.22. The van der Waals surface area contributed by atoms with Crippen LogP contribution in [0, 0.1) is 20.2 Å². The van der Waals surface area contributed by atoms with Crippen LogP contribution in [-0.4, -0.2) is 28.5 Å². The Bertz CT molecular complexity index is 1210. The SMILES string of the molecule is CNC1=C([N+](=O)[O-])C(c2ccccc2[N+](=O)[O-])C2=C(O1)C(=O)c1ccccc1C2=O. The molecule has 150 valence electrons. The van der Waals surface area contributed by atoms with Gasteiger partial charge in [0, 0.05) is 29.8 Å². The summed E-state index contributed by atoms with van der Waals surface area (Å²) in [6, 6.07) is 11.4. The third-order valence-electron chi connectivity index (χ3n) is 4.98. The van der Waals surface area contributed by atoms with Gasteiger partial charge in [0.05, 0.1) is 15.4 Å². The molecule has 1 aliphatic heterocycles. The van der Waals surface area contributed by atoms with Crippen molar-refractivity contribution in [3.63, 3.8) is 0 Å². The van der Waals surface area contributed by atoms with E-state index in [1.165, 1.54) is 43.4 Å². The molecule has 10 nitrogen and oxygen atoms in total. The lowest BCUT2D eigenvalue weighted by molar-refractivity contribution is -0.433. The maximum atomic E-state index is 13.3. The van der Waals surface area contributed by atoms with Gasteiger partial charge in [0.2, 0.25) is 5.78 Å². The lowest BCUT2D eigenvalue weighted by atomic mass is 9.76. The van der Waals surface area contributed by atoms with Crippen molar-refractivity contribution in [1.29, 1.82) is 0 Å². The van der Waals surface area contributed by atoms with Crippen LogP contribution in [-0.2, 0) is 4.74 Å². The van der Waals surface area contributed by atoms with E-state index in [0.717, 1.165) is 0 Å². The summed E-state index contributed by atoms with van der Waals surface area (Å²) in [4.78, 5) is 48.4. The van der Waals surface area contributed by atoms with Gasteiger partial charge in [-0.2, -0.15) is 0 Å². The zero-order valence-electron chi connectivity index (χ0n) is 15.4. The first-order valence-corrected chi connectivity index (χ1v) is 8.76. The van der Waals surface area contributed by atoms with Crippen molar-refractivity contribution in [3.05, 3.63) is 108 Å². The Labute approximate surface area is 168 Å². The predicted molar refractivity (Wildman–Crippen MR) is 102 cm³/mol. The Hall–Kier alpha value is -4.34. The average molecular weight is 407 g/mol. The minimum Gasteiger partial charge on any atom is -0.431 e. The molecule has 2 aromatic carbocycles. The molecule has 10 heteroatoms. The number of rotatable bonds is 4. The number of nitro benzene ring substituents is 1. The van der Waals surface area contributed by atoms with Crippen molar-refractivity contribution in [2.75, 3.05) is 7.05 Å². The van der Waals surface area contributed by atoms with Crippen LogP contribution in [0.3, 0.4) is 0 Å². The van der Waals surface area contributed by atoms with Gasteiger partial charge in [0.15, 0.2) is 11.5 Å². The molecule has 2 aliphatic rings. The number of benzene rings is 2. The van der Waals surface area contributed by atoms with E-state index in [0.29, 0.717) is 0 Å². The Morgan fingerprint density at radius 2 is 1.50 bits per heavy atom. The highest BCUT2D eigenvalue weighted by Crippen LogP contribution is 2.46. The molecule has 0 aromatic heterocycles. The molecule has 0 bridgehead atoms. The van der Waals surface area contributed by atoms with Crippen molar-refractivity contribution in [2.45, 2.75) is 5.92 Å². The largest absolute Gasteiger partial charge is 0.431 e. The van der Waals surface area contributed by atoms with Crippen LogP contribution in [0.5, 0.6) is 0 Å². The smallest absolute Gasteiger partial charge is 0.317 e. The fourth-order valence-corrected chi connectivity index (χ4v) is 3.73. The van der Waals surface area contributed by atoms with E-state index < -0.39 is 38.7 Å². The summed E-state index contributed by atoms with van der Waals surface area (Å²) < 4.78 is 5.47. The second-order valence-corrected chi connectivity index (χ2v) is 6.52. The molecule has 2 aromatic rings. The van der Waals surface area contributed by atoms with Gasteiger partial charge in [-0.15, -0.1) is 0 Å². The van der Waals surface area contributed by atoms with Crippen LogP contribution < -0.4 is 5.32 Å². The third kappa shape index (κ3) is 2.65. The van der Waals surface area contributed by atoms with Gasteiger partial charge in [-0.25, -0.2) is 0 Å². The van der Waals surface area contributed by atoms with E-state index in [9.17, 15) is 29.8 Å².